The summed E-state index contributed by atoms with van der Waals surface area (Å²) in [7, 11) is 0. The van der Waals surface area contributed by atoms with Crippen LogP contribution in [-0.4, -0.2) is 27.4 Å². The lowest BCUT2D eigenvalue weighted by atomic mass is 10.4. The number of H-pyrrole nitrogens is 1. The first-order chi connectivity index (χ1) is 7.61. The predicted molar refractivity (Wildman–Crippen MR) is 59.2 cm³/mol. The van der Waals surface area contributed by atoms with E-state index in [1.54, 1.807) is 12.2 Å². The Bertz CT molecular complexity index is 533. The maximum atomic E-state index is 11.5. The van der Waals surface area contributed by atoms with Gasteiger partial charge in [-0.15, -0.1) is 0 Å². The van der Waals surface area contributed by atoms with Crippen LogP contribution in [0.4, 0.5) is 0 Å². The van der Waals surface area contributed by atoms with Gasteiger partial charge in [0.2, 0.25) is 0 Å². The normalized spacial score (nSPS) is 23.9. The van der Waals surface area contributed by atoms with Crippen LogP contribution in [-0.2, 0) is 4.74 Å². The topological polar surface area (TPSA) is 84.3 Å². The minimum Gasteiger partial charge on any atom is -0.393 e. The SMILES string of the molecule is O=c1[nH]c(=O)n(C2C=CC(CO)O2)cc1Br. The number of aromatic amines is 1. The molecule has 2 atom stereocenters. The zero-order chi connectivity index (χ0) is 11.7. The van der Waals surface area contributed by atoms with Gasteiger partial charge in [0, 0.05) is 6.20 Å². The largest absolute Gasteiger partial charge is 0.393 e. The molecule has 2 N–H and O–H groups in total. The monoisotopic (exact) mass is 288 g/mol. The van der Waals surface area contributed by atoms with Crippen molar-refractivity contribution in [2.24, 2.45) is 0 Å². The first kappa shape index (κ1) is 11.3. The average Bonchev–Trinajstić information content (AvgIpc) is 2.71. The van der Waals surface area contributed by atoms with Crippen LogP contribution in [0.5, 0.6) is 0 Å². The number of nitrogens with one attached hydrogen (secondary N) is 1. The number of ether oxygens (including phenoxy) is 1. The lowest BCUT2D eigenvalue weighted by Gasteiger charge is -2.14. The van der Waals surface area contributed by atoms with E-state index in [0.717, 1.165) is 0 Å². The molecule has 6 nitrogen and oxygen atoms in total. The first-order valence-corrected chi connectivity index (χ1v) is 5.36. The van der Waals surface area contributed by atoms with Gasteiger partial charge in [-0.3, -0.25) is 14.3 Å². The van der Waals surface area contributed by atoms with Crippen molar-refractivity contribution in [3.63, 3.8) is 0 Å². The molecule has 0 bridgehead atoms. The molecule has 1 aromatic heterocycles. The number of nitrogens with zero attached hydrogens (tertiary/aromatic N) is 1. The Hall–Kier alpha value is -1.18. The molecule has 1 aromatic rings. The summed E-state index contributed by atoms with van der Waals surface area (Å²) in [5.41, 5.74) is -1.04. The molecule has 0 saturated carbocycles. The zero-order valence-corrected chi connectivity index (χ0v) is 9.68. The third-order valence-corrected chi connectivity index (χ3v) is 2.75. The number of aromatic nitrogens is 2. The van der Waals surface area contributed by atoms with Crippen molar-refractivity contribution in [1.82, 2.24) is 9.55 Å². The molecule has 0 spiro atoms. The molecule has 2 heterocycles. The van der Waals surface area contributed by atoms with Gasteiger partial charge in [-0.05, 0) is 22.0 Å². The average molecular weight is 289 g/mol. The quantitative estimate of drug-likeness (QED) is 0.735. The molecular weight excluding hydrogens is 280 g/mol. The van der Waals surface area contributed by atoms with Crippen molar-refractivity contribution in [2.75, 3.05) is 6.61 Å². The van der Waals surface area contributed by atoms with E-state index in [2.05, 4.69) is 20.9 Å². The van der Waals surface area contributed by atoms with Crippen LogP contribution in [0, 0.1) is 0 Å². The number of aliphatic hydroxyl groups is 1. The second kappa shape index (κ2) is 4.36. The van der Waals surface area contributed by atoms with E-state index in [1.165, 1.54) is 10.8 Å². The lowest BCUT2D eigenvalue weighted by Crippen LogP contribution is -2.32. The standard InChI is InChI=1S/C9H9BrN2O4/c10-6-3-12(9(15)11-8(6)14)7-2-1-5(4-13)16-7/h1-3,5,7,13H,4H2,(H,11,14,15). The maximum Gasteiger partial charge on any atom is 0.330 e. The van der Waals surface area contributed by atoms with Gasteiger partial charge in [-0.1, -0.05) is 6.08 Å². The van der Waals surface area contributed by atoms with Gasteiger partial charge >= 0.3 is 5.69 Å². The van der Waals surface area contributed by atoms with Crippen LogP contribution >= 0.6 is 15.9 Å². The molecule has 0 aromatic carbocycles. The molecule has 2 unspecified atom stereocenters. The van der Waals surface area contributed by atoms with Crippen LogP contribution in [0.25, 0.3) is 0 Å². The van der Waals surface area contributed by atoms with Gasteiger partial charge in [0.15, 0.2) is 6.23 Å². The summed E-state index contributed by atoms with van der Waals surface area (Å²) < 4.78 is 6.81. The Morgan fingerprint density at radius 3 is 2.88 bits per heavy atom. The van der Waals surface area contributed by atoms with Gasteiger partial charge in [0.05, 0.1) is 11.1 Å². The first-order valence-electron chi connectivity index (χ1n) is 4.57. The summed E-state index contributed by atoms with van der Waals surface area (Å²) in [5, 5.41) is 8.87. The molecule has 0 aliphatic carbocycles. The van der Waals surface area contributed by atoms with E-state index in [9.17, 15) is 9.59 Å². The fraction of sp³-hybridized carbons (Fsp3) is 0.333. The Morgan fingerprint density at radius 2 is 2.25 bits per heavy atom. The lowest BCUT2D eigenvalue weighted by molar-refractivity contribution is -0.0104. The highest BCUT2D eigenvalue weighted by Gasteiger charge is 2.21. The van der Waals surface area contributed by atoms with Crippen molar-refractivity contribution >= 4 is 15.9 Å². The van der Waals surface area contributed by atoms with Crippen LogP contribution < -0.4 is 11.2 Å². The summed E-state index contributed by atoms with van der Waals surface area (Å²) in [6, 6.07) is 0. The van der Waals surface area contributed by atoms with Crippen LogP contribution in [0.1, 0.15) is 6.23 Å². The minimum absolute atomic E-state index is 0.147. The molecule has 1 aliphatic rings. The summed E-state index contributed by atoms with van der Waals surface area (Å²) >= 11 is 3.03. The fourth-order valence-corrected chi connectivity index (χ4v) is 1.72. The van der Waals surface area contributed by atoms with E-state index < -0.39 is 23.6 Å². The van der Waals surface area contributed by atoms with Crippen LogP contribution in [0.15, 0.2) is 32.4 Å². The summed E-state index contributed by atoms with van der Waals surface area (Å²) in [5.74, 6) is 0. The molecule has 16 heavy (non-hydrogen) atoms. The van der Waals surface area contributed by atoms with E-state index in [-0.39, 0.29) is 11.1 Å². The molecule has 7 heteroatoms. The molecule has 0 radical (unpaired) electrons. The van der Waals surface area contributed by atoms with Crippen LogP contribution in [0.3, 0.4) is 0 Å². The Kier molecular flexibility index (Phi) is 3.08. The number of aliphatic hydroxyl groups excluding tert-OH is 1. The number of hydrogen-bond donors (Lipinski definition) is 2. The molecule has 86 valence electrons. The van der Waals surface area contributed by atoms with Gasteiger partial charge in [-0.25, -0.2) is 4.79 Å². The second-order valence-corrected chi connectivity index (χ2v) is 4.13. The molecule has 1 aliphatic heterocycles. The van der Waals surface area contributed by atoms with Gasteiger partial charge < -0.3 is 9.84 Å². The number of halogens is 1. The highest BCUT2D eigenvalue weighted by Crippen LogP contribution is 2.19. The second-order valence-electron chi connectivity index (χ2n) is 3.28. The van der Waals surface area contributed by atoms with Crippen LogP contribution in [0.2, 0.25) is 0 Å². The van der Waals surface area contributed by atoms with Crippen molar-refractivity contribution in [3.8, 4) is 0 Å². The summed E-state index contributed by atoms with van der Waals surface area (Å²) in [6.07, 6.45) is 3.65. The van der Waals surface area contributed by atoms with Crippen molar-refractivity contribution in [3.05, 3.63) is 43.7 Å². The highest BCUT2D eigenvalue weighted by atomic mass is 79.9. The van der Waals surface area contributed by atoms with E-state index in [4.69, 9.17) is 9.84 Å². The van der Waals surface area contributed by atoms with Crippen molar-refractivity contribution in [1.29, 1.82) is 0 Å². The number of hydrogen-bond acceptors (Lipinski definition) is 4. The third kappa shape index (κ3) is 2.01. The van der Waals surface area contributed by atoms with E-state index in [1.807, 2.05) is 0 Å². The van der Waals surface area contributed by atoms with Gasteiger partial charge in [-0.2, -0.15) is 0 Å². The molecule has 0 amide bonds. The molecule has 0 fully saturated rings. The van der Waals surface area contributed by atoms with Crippen molar-refractivity contribution in [2.45, 2.75) is 12.3 Å². The van der Waals surface area contributed by atoms with E-state index >= 15 is 0 Å². The Morgan fingerprint density at radius 1 is 1.50 bits per heavy atom. The molecule has 2 rings (SSSR count). The predicted octanol–water partition coefficient (Wildman–Crippen LogP) is -0.255. The van der Waals surface area contributed by atoms with Gasteiger partial charge in [0.1, 0.15) is 6.10 Å². The molecular formula is C9H9BrN2O4. The van der Waals surface area contributed by atoms with E-state index in [0.29, 0.717) is 0 Å². The highest BCUT2D eigenvalue weighted by molar-refractivity contribution is 9.10. The smallest absolute Gasteiger partial charge is 0.330 e. The minimum atomic E-state index is -0.599. The number of rotatable bonds is 2. The van der Waals surface area contributed by atoms with Gasteiger partial charge in [0.25, 0.3) is 5.56 Å². The Balaban J connectivity index is 2.36. The zero-order valence-electron chi connectivity index (χ0n) is 8.09. The van der Waals surface area contributed by atoms with Crippen molar-refractivity contribution < 1.29 is 9.84 Å². The third-order valence-electron chi connectivity index (χ3n) is 2.18. The molecule has 0 saturated heterocycles. The summed E-state index contributed by atoms with van der Waals surface area (Å²) in [6.45, 7) is -0.147. The fourth-order valence-electron chi connectivity index (χ4n) is 1.40. The maximum absolute atomic E-state index is 11.5. The summed E-state index contributed by atoms with van der Waals surface area (Å²) in [4.78, 5) is 24.7. The Labute approximate surface area is 98.3 Å².